The van der Waals surface area contributed by atoms with Crippen LogP contribution >= 0.6 is 11.6 Å². The molecule has 1 saturated carbocycles. The van der Waals surface area contributed by atoms with Crippen molar-refractivity contribution in [1.82, 2.24) is 10.3 Å². The van der Waals surface area contributed by atoms with E-state index in [1.807, 2.05) is 6.07 Å². The topological polar surface area (TPSA) is 44.9 Å². The maximum Gasteiger partial charge on any atom is 0.220 e. The van der Waals surface area contributed by atoms with Gasteiger partial charge in [-0.1, -0.05) is 18.5 Å². The molecule has 4 heteroatoms. The Labute approximate surface area is 123 Å². The molecule has 0 bridgehead atoms. The summed E-state index contributed by atoms with van der Waals surface area (Å²) in [6.45, 7) is 2.65. The Balaban J connectivity index is 1.70. The molecule has 1 heterocycles. The standard InChI is InChI=1S/C16H19ClN2O/c1-2-11-8-15-12(7-14(11)17)6-13(19-15)9-18-16(20)5-10-3-4-10/h6-8,10,19H,2-5,9H2,1H3,(H,18,20). The lowest BCUT2D eigenvalue weighted by molar-refractivity contribution is -0.121. The second kappa shape index (κ2) is 5.49. The quantitative estimate of drug-likeness (QED) is 0.864. The number of rotatable bonds is 5. The van der Waals surface area contributed by atoms with Gasteiger partial charge in [-0.2, -0.15) is 0 Å². The predicted molar refractivity (Wildman–Crippen MR) is 81.9 cm³/mol. The SMILES string of the molecule is CCc1cc2[nH]c(CNC(=O)CC3CC3)cc2cc1Cl. The first-order valence-corrected chi connectivity index (χ1v) is 7.60. The van der Waals surface area contributed by atoms with Gasteiger partial charge in [-0.15, -0.1) is 0 Å². The minimum Gasteiger partial charge on any atom is -0.357 e. The lowest BCUT2D eigenvalue weighted by Gasteiger charge is -2.02. The van der Waals surface area contributed by atoms with E-state index in [1.165, 1.54) is 12.8 Å². The van der Waals surface area contributed by atoms with Gasteiger partial charge in [0.1, 0.15) is 0 Å². The summed E-state index contributed by atoms with van der Waals surface area (Å²) in [4.78, 5) is 15.0. The van der Waals surface area contributed by atoms with Crippen LogP contribution in [0.25, 0.3) is 10.9 Å². The Hall–Kier alpha value is -1.48. The highest BCUT2D eigenvalue weighted by atomic mass is 35.5. The fourth-order valence-electron chi connectivity index (χ4n) is 2.47. The molecular weight excluding hydrogens is 272 g/mol. The van der Waals surface area contributed by atoms with Gasteiger partial charge in [0.05, 0.1) is 6.54 Å². The van der Waals surface area contributed by atoms with E-state index in [0.717, 1.165) is 33.6 Å². The average molecular weight is 291 g/mol. The number of fused-ring (bicyclic) bond motifs is 1. The summed E-state index contributed by atoms with van der Waals surface area (Å²) in [6.07, 6.45) is 4.00. The molecule has 0 aliphatic heterocycles. The molecule has 1 aliphatic rings. The summed E-state index contributed by atoms with van der Waals surface area (Å²) in [7, 11) is 0. The zero-order chi connectivity index (χ0) is 14.1. The van der Waals surface area contributed by atoms with E-state index >= 15 is 0 Å². The highest BCUT2D eigenvalue weighted by molar-refractivity contribution is 6.32. The first-order valence-electron chi connectivity index (χ1n) is 7.22. The van der Waals surface area contributed by atoms with Gasteiger partial charge < -0.3 is 10.3 Å². The molecule has 0 saturated heterocycles. The van der Waals surface area contributed by atoms with Crippen molar-refractivity contribution >= 4 is 28.4 Å². The van der Waals surface area contributed by atoms with Gasteiger partial charge in [-0.3, -0.25) is 4.79 Å². The van der Waals surface area contributed by atoms with E-state index in [9.17, 15) is 4.79 Å². The van der Waals surface area contributed by atoms with Crippen LogP contribution in [0, 0.1) is 5.92 Å². The number of amides is 1. The van der Waals surface area contributed by atoms with Crippen LogP contribution in [0.1, 0.15) is 37.4 Å². The smallest absolute Gasteiger partial charge is 0.220 e. The van der Waals surface area contributed by atoms with Crippen LogP contribution in [0.15, 0.2) is 18.2 Å². The third kappa shape index (κ3) is 2.98. The predicted octanol–water partition coefficient (Wildman–Crippen LogP) is 3.80. The average Bonchev–Trinajstić information content (AvgIpc) is 3.14. The molecule has 1 amide bonds. The number of carbonyl (C=O) groups excluding carboxylic acids is 1. The summed E-state index contributed by atoms with van der Waals surface area (Å²) in [5, 5.41) is 4.88. The molecule has 1 aromatic heterocycles. The third-order valence-corrected chi connectivity index (χ3v) is 4.22. The minimum atomic E-state index is 0.151. The second-order valence-corrected chi connectivity index (χ2v) is 6.01. The summed E-state index contributed by atoms with van der Waals surface area (Å²) < 4.78 is 0. The molecule has 3 nitrogen and oxygen atoms in total. The lowest BCUT2D eigenvalue weighted by Crippen LogP contribution is -2.22. The maximum absolute atomic E-state index is 11.7. The van der Waals surface area contributed by atoms with Crippen molar-refractivity contribution in [2.24, 2.45) is 5.92 Å². The van der Waals surface area contributed by atoms with Crippen LogP contribution < -0.4 is 5.32 Å². The first-order chi connectivity index (χ1) is 9.65. The third-order valence-electron chi connectivity index (χ3n) is 3.87. The van der Waals surface area contributed by atoms with Gasteiger partial charge in [-0.25, -0.2) is 0 Å². The highest BCUT2D eigenvalue weighted by Crippen LogP contribution is 2.32. The van der Waals surface area contributed by atoms with Crippen molar-refractivity contribution < 1.29 is 4.79 Å². The normalized spacial score (nSPS) is 14.7. The number of hydrogen-bond donors (Lipinski definition) is 2. The Morgan fingerprint density at radius 2 is 2.20 bits per heavy atom. The molecular formula is C16H19ClN2O. The summed E-state index contributed by atoms with van der Waals surface area (Å²) in [5.74, 6) is 0.780. The zero-order valence-corrected chi connectivity index (χ0v) is 12.4. The van der Waals surface area contributed by atoms with Gasteiger partial charge in [0, 0.05) is 28.0 Å². The van der Waals surface area contributed by atoms with Crippen LogP contribution in [0.3, 0.4) is 0 Å². The molecule has 2 N–H and O–H groups in total. The van der Waals surface area contributed by atoms with Crippen molar-refractivity contribution in [3.8, 4) is 0 Å². The van der Waals surface area contributed by atoms with E-state index in [2.05, 4.69) is 29.4 Å². The number of aryl methyl sites for hydroxylation is 1. The van der Waals surface area contributed by atoms with Crippen molar-refractivity contribution in [2.75, 3.05) is 0 Å². The number of carbonyl (C=O) groups is 1. The van der Waals surface area contributed by atoms with Gasteiger partial charge in [0.15, 0.2) is 0 Å². The van der Waals surface area contributed by atoms with Gasteiger partial charge >= 0.3 is 0 Å². The highest BCUT2D eigenvalue weighted by Gasteiger charge is 2.24. The molecule has 0 atom stereocenters. The van der Waals surface area contributed by atoms with E-state index in [0.29, 0.717) is 18.9 Å². The minimum absolute atomic E-state index is 0.151. The van der Waals surface area contributed by atoms with Crippen LogP contribution in [-0.2, 0) is 17.8 Å². The van der Waals surface area contributed by atoms with Gasteiger partial charge in [-0.05, 0) is 48.9 Å². The molecule has 1 aliphatic carbocycles. The van der Waals surface area contributed by atoms with Crippen molar-refractivity contribution in [2.45, 2.75) is 39.2 Å². The van der Waals surface area contributed by atoms with Crippen molar-refractivity contribution in [3.63, 3.8) is 0 Å². The molecule has 0 spiro atoms. The van der Waals surface area contributed by atoms with Gasteiger partial charge in [0.2, 0.25) is 5.91 Å². The second-order valence-electron chi connectivity index (χ2n) is 5.60. The molecule has 20 heavy (non-hydrogen) atoms. The van der Waals surface area contributed by atoms with Crippen molar-refractivity contribution in [3.05, 3.63) is 34.5 Å². The Bertz CT molecular complexity index is 643. The number of hydrogen-bond acceptors (Lipinski definition) is 1. The first kappa shape index (κ1) is 13.5. The molecule has 1 aromatic carbocycles. The summed E-state index contributed by atoms with van der Waals surface area (Å²) in [5.41, 5.74) is 3.25. The summed E-state index contributed by atoms with van der Waals surface area (Å²) in [6, 6.07) is 6.13. The molecule has 106 valence electrons. The van der Waals surface area contributed by atoms with E-state index in [4.69, 9.17) is 11.6 Å². The number of halogens is 1. The van der Waals surface area contributed by atoms with Crippen LogP contribution in [0.2, 0.25) is 5.02 Å². The lowest BCUT2D eigenvalue weighted by atomic mass is 10.1. The fourth-order valence-corrected chi connectivity index (χ4v) is 2.78. The monoisotopic (exact) mass is 290 g/mol. The summed E-state index contributed by atoms with van der Waals surface area (Å²) >= 11 is 6.22. The van der Waals surface area contributed by atoms with Crippen LogP contribution in [0.5, 0.6) is 0 Å². The number of H-pyrrole nitrogens is 1. The molecule has 0 unspecified atom stereocenters. The fraction of sp³-hybridized carbons (Fsp3) is 0.438. The Kier molecular flexibility index (Phi) is 3.70. The van der Waals surface area contributed by atoms with Crippen molar-refractivity contribution in [1.29, 1.82) is 0 Å². The Morgan fingerprint density at radius 3 is 2.90 bits per heavy atom. The van der Waals surface area contributed by atoms with E-state index in [-0.39, 0.29) is 5.91 Å². The van der Waals surface area contributed by atoms with Crippen LogP contribution in [0.4, 0.5) is 0 Å². The van der Waals surface area contributed by atoms with E-state index in [1.54, 1.807) is 0 Å². The number of aromatic nitrogens is 1. The molecule has 1 fully saturated rings. The number of aromatic amines is 1. The van der Waals surface area contributed by atoms with Gasteiger partial charge in [0.25, 0.3) is 0 Å². The van der Waals surface area contributed by atoms with E-state index < -0.39 is 0 Å². The zero-order valence-electron chi connectivity index (χ0n) is 11.6. The Morgan fingerprint density at radius 1 is 1.40 bits per heavy atom. The number of benzene rings is 1. The molecule has 2 aromatic rings. The largest absolute Gasteiger partial charge is 0.357 e. The number of nitrogens with one attached hydrogen (secondary N) is 2. The molecule has 0 radical (unpaired) electrons. The maximum atomic E-state index is 11.7. The van der Waals surface area contributed by atoms with Crippen LogP contribution in [-0.4, -0.2) is 10.9 Å². The molecule has 3 rings (SSSR count).